The monoisotopic (exact) mass is 434 g/mol. The Kier molecular flexibility index (Phi) is 5.55. The molecule has 0 saturated heterocycles. The summed E-state index contributed by atoms with van der Waals surface area (Å²) in [6.45, 7) is 1.93. The van der Waals surface area contributed by atoms with Gasteiger partial charge in [0, 0.05) is 11.3 Å². The zero-order valence-corrected chi connectivity index (χ0v) is 17.7. The van der Waals surface area contributed by atoms with E-state index in [2.05, 4.69) is 15.7 Å². The number of benzene rings is 2. The Morgan fingerprint density at radius 2 is 1.97 bits per heavy atom. The topological polar surface area (TPSA) is 115 Å². The van der Waals surface area contributed by atoms with E-state index in [4.69, 9.17) is 9.47 Å². The van der Waals surface area contributed by atoms with Crippen LogP contribution in [0.1, 0.15) is 27.5 Å². The molecule has 1 amide bonds. The van der Waals surface area contributed by atoms with Crippen LogP contribution in [-0.4, -0.2) is 41.0 Å². The second-order valence-corrected chi connectivity index (χ2v) is 7.24. The van der Waals surface area contributed by atoms with E-state index >= 15 is 0 Å². The predicted molar refractivity (Wildman–Crippen MR) is 118 cm³/mol. The van der Waals surface area contributed by atoms with Gasteiger partial charge < -0.3 is 25.2 Å². The van der Waals surface area contributed by atoms with Crippen molar-refractivity contribution in [2.75, 3.05) is 24.9 Å². The summed E-state index contributed by atoms with van der Waals surface area (Å²) in [6, 6.07) is 12.0. The number of aryl methyl sites for hydroxylation is 1. The molecule has 0 unspecified atom stereocenters. The number of ether oxygens (including phenoxy) is 2. The van der Waals surface area contributed by atoms with Gasteiger partial charge in [-0.2, -0.15) is 5.10 Å². The highest BCUT2D eigenvalue weighted by molar-refractivity contribution is 6.08. The van der Waals surface area contributed by atoms with Crippen molar-refractivity contribution in [1.29, 1.82) is 0 Å². The van der Waals surface area contributed by atoms with Gasteiger partial charge in [0.15, 0.2) is 0 Å². The summed E-state index contributed by atoms with van der Waals surface area (Å²) >= 11 is 0. The van der Waals surface area contributed by atoms with Gasteiger partial charge in [-0.15, -0.1) is 0 Å². The van der Waals surface area contributed by atoms with Gasteiger partial charge in [-0.25, -0.2) is 9.48 Å². The van der Waals surface area contributed by atoms with Crippen molar-refractivity contribution < 1.29 is 24.2 Å². The first-order chi connectivity index (χ1) is 15.4. The molecule has 0 spiro atoms. The van der Waals surface area contributed by atoms with Crippen molar-refractivity contribution >= 4 is 23.4 Å². The average molecular weight is 434 g/mol. The molecule has 1 aliphatic rings. The molecule has 3 N–H and O–H groups in total. The molecule has 1 aromatic heterocycles. The summed E-state index contributed by atoms with van der Waals surface area (Å²) in [5.74, 6) is -0.187. The Bertz CT molecular complexity index is 1230. The van der Waals surface area contributed by atoms with Crippen molar-refractivity contribution in [3.8, 4) is 11.5 Å². The summed E-state index contributed by atoms with van der Waals surface area (Å²) in [4.78, 5) is 24.8. The lowest BCUT2D eigenvalue weighted by Gasteiger charge is -2.26. The standard InChI is InChI=1S/C23H22N4O5/c1-13-5-4-6-14(9-13)25-22(28)17-12-24-27-19(11-18(23(29)30)26-21(17)27)16-10-15(31-2)7-8-20(16)32-3/h4-12,19,26H,1-3H3,(H,25,28)(H,29,30)/t19-/m1/s1. The normalized spacial score (nSPS) is 14.6. The highest BCUT2D eigenvalue weighted by atomic mass is 16.5. The SMILES string of the molecule is COc1ccc(OC)c([C@H]2C=C(C(=O)O)Nc3c(C(=O)Nc4cccc(C)c4)cnn32)c1. The van der Waals surface area contributed by atoms with Crippen molar-refractivity contribution in [2.24, 2.45) is 0 Å². The third kappa shape index (κ3) is 3.87. The van der Waals surface area contributed by atoms with Gasteiger partial charge in [-0.3, -0.25) is 4.79 Å². The molecular formula is C23H22N4O5. The first kappa shape index (κ1) is 21.0. The molecule has 164 valence electrons. The number of carbonyl (C=O) groups excluding carboxylic acids is 1. The van der Waals surface area contributed by atoms with Gasteiger partial charge in [-0.1, -0.05) is 12.1 Å². The molecule has 2 aromatic carbocycles. The van der Waals surface area contributed by atoms with Gasteiger partial charge in [0.25, 0.3) is 5.91 Å². The van der Waals surface area contributed by atoms with E-state index in [1.807, 2.05) is 25.1 Å². The Morgan fingerprint density at radius 3 is 2.66 bits per heavy atom. The molecule has 9 nitrogen and oxygen atoms in total. The number of carbonyl (C=O) groups is 2. The van der Waals surface area contributed by atoms with Crippen LogP contribution in [0.3, 0.4) is 0 Å². The molecule has 0 saturated carbocycles. The summed E-state index contributed by atoms with van der Waals surface area (Å²) in [7, 11) is 3.07. The number of aromatic nitrogens is 2. The molecule has 1 atom stereocenters. The number of amides is 1. The highest BCUT2D eigenvalue weighted by Crippen LogP contribution is 2.38. The summed E-state index contributed by atoms with van der Waals surface area (Å²) in [6.07, 6.45) is 2.92. The number of nitrogens with one attached hydrogen (secondary N) is 2. The maximum Gasteiger partial charge on any atom is 0.352 e. The molecule has 0 radical (unpaired) electrons. The fourth-order valence-electron chi connectivity index (χ4n) is 3.60. The van der Waals surface area contributed by atoms with Crippen LogP contribution in [0.4, 0.5) is 11.5 Å². The number of methoxy groups -OCH3 is 2. The summed E-state index contributed by atoms with van der Waals surface area (Å²) < 4.78 is 12.4. The van der Waals surface area contributed by atoms with Crippen LogP contribution >= 0.6 is 0 Å². The summed E-state index contributed by atoms with van der Waals surface area (Å²) in [5.41, 5.74) is 2.41. The smallest absolute Gasteiger partial charge is 0.352 e. The van der Waals surface area contributed by atoms with Gasteiger partial charge in [0.05, 0.1) is 20.4 Å². The number of nitrogens with zero attached hydrogens (tertiary/aromatic N) is 2. The van der Waals surface area contributed by atoms with Gasteiger partial charge in [-0.05, 0) is 48.9 Å². The van der Waals surface area contributed by atoms with E-state index in [9.17, 15) is 14.7 Å². The number of carboxylic acid groups (broad SMARTS) is 1. The van der Waals surface area contributed by atoms with E-state index in [1.165, 1.54) is 19.4 Å². The number of hydrogen-bond acceptors (Lipinski definition) is 6. The third-order valence-electron chi connectivity index (χ3n) is 5.14. The Morgan fingerprint density at radius 1 is 1.16 bits per heavy atom. The number of allylic oxidation sites excluding steroid dienone is 1. The fourth-order valence-corrected chi connectivity index (χ4v) is 3.60. The van der Waals surface area contributed by atoms with E-state index < -0.39 is 17.9 Å². The van der Waals surface area contributed by atoms with Crippen LogP contribution in [0.5, 0.6) is 11.5 Å². The van der Waals surface area contributed by atoms with E-state index in [0.29, 0.717) is 22.7 Å². The molecule has 1 aliphatic heterocycles. The lowest BCUT2D eigenvalue weighted by molar-refractivity contribution is -0.132. The molecule has 2 heterocycles. The Hall–Kier alpha value is -4.27. The minimum Gasteiger partial charge on any atom is -0.497 e. The molecule has 32 heavy (non-hydrogen) atoms. The van der Waals surface area contributed by atoms with Crippen molar-refractivity contribution in [1.82, 2.24) is 9.78 Å². The number of rotatable bonds is 6. The zero-order valence-electron chi connectivity index (χ0n) is 17.7. The molecule has 9 heteroatoms. The molecule has 0 bridgehead atoms. The molecule has 3 aromatic rings. The fraction of sp³-hybridized carbons (Fsp3) is 0.174. The minimum absolute atomic E-state index is 0.0718. The third-order valence-corrected chi connectivity index (χ3v) is 5.14. The van der Waals surface area contributed by atoms with E-state index in [0.717, 1.165) is 5.56 Å². The predicted octanol–water partition coefficient (Wildman–Crippen LogP) is 3.44. The number of carboxylic acids is 1. The van der Waals surface area contributed by atoms with Gasteiger partial charge >= 0.3 is 5.97 Å². The number of anilines is 2. The molecule has 4 rings (SSSR count). The van der Waals surface area contributed by atoms with Crippen LogP contribution < -0.4 is 20.1 Å². The zero-order chi connectivity index (χ0) is 22.8. The van der Waals surface area contributed by atoms with Crippen LogP contribution in [0.25, 0.3) is 0 Å². The Labute approximate surface area is 184 Å². The van der Waals surface area contributed by atoms with Crippen molar-refractivity contribution in [2.45, 2.75) is 13.0 Å². The summed E-state index contributed by atoms with van der Waals surface area (Å²) in [5, 5.41) is 19.7. The van der Waals surface area contributed by atoms with E-state index in [1.54, 1.807) is 36.1 Å². The van der Waals surface area contributed by atoms with E-state index in [-0.39, 0.29) is 17.1 Å². The molecule has 0 fully saturated rings. The lowest BCUT2D eigenvalue weighted by Crippen LogP contribution is -2.26. The number of fused-ring (bicyclic) bond motifs is 1. The Balaban J connectivity index is 1.78. The molecular weight excluding hydrogens is 412 g/mol. The second kappa shape index (κ2) is 8.46. The minimum atomic E-state index is -1.16. The maximum atomic E-state index is 13.0. The van der Waals surface area contributed by atoms with Gasteiger partial charge in [0.1, 0.15) is 34.6 Å². The van der Waals surface area contributed by atoms with Crippen molar-refractivity contribution in [3.63, 3.8) is 0 Å². The quantitative estimate of drug-likeness (QED) is 0.544. The van der Waals surface area contributed by atoms with Crippen LogP contribution in [0.2, 0.25) is 0 Å². The first-order valence-electron chi connectivity index (χ1n) is 9.81. The van der Waals surface area contributed by atoms with Crippen molar-refractivity contribution in [3.05, 3.63) is 77.1 Å². The number of aliphatic carboxylic acids is 1. The average Bonchev–Trinajstić information content (AvgIpc) is 3.22. The van der Waals surface area contributed by atoms with Gasteiger partial charge in [0.2, 0.25) is 0 Å². The first-order valence-corrected chi connectivity index (χ1v) is 9.81. The maximum absolute atomic E-state index is 13.0. The lowest BCUT2D eigenvalue weighted by atomic mass is 10.0. The second-order valence-electron chi connectivity index (χ2n) is 7.24. The van der Waals surface area contributed by atoms with Crippen LogP contribution in [0.15, 0.2) is 60.4 Å². The largest absolute Gasteiger partial charge is 0.497 e. The highest BCUT2D eigenvalue weighted by Gasteiger charge is 2.31. The number of hydrogen-bond donors (Lipinski definition) is 3. The van der Waals surface area contributed by atoms with Crippen LogP contribution in [-0.2, 0) is 4.79 Å². The van der Waals surface area contributed by atoms with Crippen LogP contribution in [0, 0.1) is 6.92 Å². The molecule has 0 aliphatic carbocycles.